The predicted octanol–water partition coefficient (Wildman–Crippen LogP) is 4.58. The molecule has 3 heteroatoms. The van der Waals surface area contributed by atoms with E-state index >= 15 is 0 Å². The van der Waals surface area contributed by atoms with Crippen molar-refractivity contribution in [3.63, 3.8) is 0 Å². The van der Waals surface area contributed by atoms with Crippen molar-refractivity contribution in [1.29, 1.82) is 0 Å². The Morgan fingerprint density at radius 1 is 1.12 bits per heavy atom. The smallest absolute Gasteiger partial charge is 0.187 e. The lowest BCUT2D eigenvalue weighted by molar-refractivity contribution is 0.306. The molecular formula is C14H10BrNO. The Morgan fingerprint density at radius 2 is 1.76 bits per heavy atom. The van der Waals surface area contributed by atoms with Crippen LogP contribution in [0.4, 0.5) is 5.69 Å². The Labute approximate surface area is 110 Å². The van der Waals surface area contributed by atoms with Gasteiger partial charge < -0.3 is 4.74 Å². The highest BCUT2D eigenvalue weighted by molar-refractivity contribution is 9.10. The van der Waals surface area contributed by atoms with Crippen molar-refractivity contribution in [3.05, 3.63) is 70.0 Å². The first-order valence-corrected chi connectivity index (χ1v) is 5.80. The molecule has 1 unspecified atom stereocenters. The molecule has 0 radical (unpaired) electrons. The van der Waals surface area contributed by atoms with Crippen molar-refractivity contribution in [2.75, 3.05) is 0 Å². The van der Waals surface area contributed by atoms with E-state index in [9.17, 15) is 0 Å². The molecule has 0 aromatic heterocycles. The highest BCUT2D eigenvalue weighted by atomic mass is 79.9. The van der Waals surface area contributed by atoms with Crippen LogP contribution in [-0.4, -0.2) is 0 Å². The quantitative estimate of drug-likeness (QED) is 0.754. The van der Waals surface area contributed by atoms with Crippen LogP contribution in [0.2, 0.25) is 0 Å². The molecule has 2 aromatic rings. The Morgan fingerprint density at radius 3 is 2.35 bits per heavy atom. The molecule has 0 heterocycles. The minimum Gasteiger partial charge on any atom is -0.489 e. The molecule has 0 fully saturated rings. The molecule has 0 aliphatic heterocycles. The van der Waals surface area contributed by atoms with Crippen molar-refractivity contribution in [1.82, 2.24) is 0 Å². The van der Waals surface area contributed by atoms with Crippen LogP contribution in [0.25, 0.3) is 4.85 Å². The van der Waals surface area contributed by atoms with Crippen LogP contribution in [0.3, 0.4) is 0 Å². The molecule has 0 spiro atoms. The van der Waals surface area contributed by atoms with E-state index in [1.807, 2.05) is 12.1 Å². The fourth-order valence-corrected chi connectivity index (χ4v) is 1.54. The van der Waals surface area contributed by atoms with Gasteiger partial charge in [-0.15, -0.1) is 0 Å². The molecule has 0 bridgehead atoms. The van der Waals surface area contributed by atoms with E-state index in [0.717, 1.165) is 10.0 Å². The summed E-state index contributed by atoms with van der Waals surface area (Å²) in [7, 11) is 0. The van der Waals surface area contributed by atoms with Crippen molar-refractivity contribution >= 4 is 21.6 Å². The normalized spacial score (nSPS) is 12.4. The van der Waals surface area contributed by atoms with Gasteiger partial charge in [0.05, 0.1) is 7.94 Å². The number of ether oxygens (including phenoxy) is 1. The summed E-state index contributed by atoms with van der Waals surface area (Å²) >= 11 is 3.34. The zero-order chi connectivity index (χ0) is 13.0. The van der Waals surface area contributed by atoms with E-state index in [2.05, 4.69) is 20.8 Å². The zero-order valence-corrected chi connectivity index (χ0v) is 10.5. The molecule has 0 saturated carbocycles. The molecule has 1 atom stereocenters. The van der Waals surface area contributed by atoms with Crippen LogP contribution in [0, 0.1) is 6.57 Å². The number of nitrogens with zero attached hydrogens (tertiary/aromatic N) is 1. The first-order chi connectivity index (χ1) is 8.69. The molecule has 0 N–H and O–H groups in total. The van der Waals surface area contributed by atoms with Crippen LogP contribution in [0.15, 0.2) is 53.0 Å². The van der Waals surface area contributed by atoms with Crippen molar-refractivity contribution in [3.8, 4) is 5.75 Å². The van der Waals surface area contributed by atoms with Crippen LogP contribution in [-0.2, 0) is 6.58 Å². The summed E-state index contributed by atoms with van der Waals surface area (Å²) < 4.78 is 14.4. The van der Waals surface area contributed by atoms with E-state index in [0.29, 0.717) is 11.4 Å². The summed E-state index contributed by atoms with van der Waals surface area (Å²) in [5, 5.41) is 0. The molecule has 2 rings (SSSR count). The van der Waals surface area contributed by atoms with Gasteiger partial charge >= 0.3 is 0 Å². The highest BCUT2D eigenvalue weighted by Gasteiger charge is 1.96. The van der Waals surface area contributed by atoms with Gasteiger partial charge in [0.15, 0.2) is 5.69 Å². The average Bonchev–Trinajstić information content (AvgIpc) is 2.41. The van der Waals surface area contributed by atoms with Gasteiger partial charge in [0.2, 0.25) is 0 Å². The monoisotopic (exact) mass is 288 g/mol. The summed E-state index contributed by atoms with van der Waals surface area (Å²) in [6.07, 6.45) is 0. The highest BCUT2D eigenvalue weighted by Crippen LogP contribution is 2.18. The second kappa shape index (κ2) is 5.51. The third-order valence-corrected chi connectivity index (χ3v) is 2.70. The van der Waals surface area contributed by atoms with Gasteiger partial charge in [-0.2, -0.15) is 0 Å². The zero-order valence-electron chi connectivity index (χ0n) is 9.93. The van der Waals surface area contributed by atoms with E-state index in [1.165, 1.54) is 0 Å². The summed E-state index contributed by atoms with van der Waals surface area (Å²) in [6, 6.07) is 14.2. The number of benzene rings is 2. The molecule has 0 amide bonds. The molecule has 2 aromatic carbocycles. The standard InChI is InChI=1S/C14H10BrNO/c1-16-13-6-2-11(3-7-13)10-17-14-8-4-12(15)5-9-14/h2-9H,10H2/i10D. The van der Waals surface area contributed by atoms with Gasteiger partial charge in [0, 0.05) is 4.47 Å². The third-order valence-electron chi connectivity index (χ3n) is 2.17. The number of halogens is 1. The van der Waals surface area contributed by atoms with Crippen LogP contribution >= 0.6 is 15.9 Å². The fourth-order valence-electron chi connectivity index (χ4n) is 1.28. The number of hydrogen-bond donors (Lipinski definition) is 0. The summed E-state index contributed by atoms with van der Waals surface area (Å²) in [5.41, 5.74) is 1.29. The minimum atomic E-state index is -0.786. The first kappa shape index (κ1) is 10.4. The lowest BCUT2D eigenvalue weighted by Crippen LogP contribution is -1.94. The Bertz CT molecular complexity index is 560. The van der Waals surface area contributed by atoms with Crippen LogP contribution in [0.5, 0.6) is 5.75 Å². The van der Waals surface area contributed by atoms with Gasteiger partial charge in [-0.05, 0) is 29.8 Å². The summed E-state index contributed by atoms with van der Waals surface area (Å²) in [6.45, 7) is 6.08. The summed E-state index contributed by atoms with van der Waals surface area (Å²) in [5.74, 6) is 0.646. The van der Waals surface area contributed by atoms with Gasteiger partial charge in [0.1, 0.15) is 12.3 Å². The second-order valence-electron chi connectivity index (χ2n) is 3.39. The molecule has 0 aliphatic carbocycles. The van der Waals surface area contributed by atoms with Crippen molar-refractivity contribution < 1.29 is 6.11 Å². The number of hydrogen-bond acceptors (Lipinski definition) is 1. The van der Waals surface area contributed by atoms with Gasteiger partial charge in [-0.1, -0.05) is 40.2 Å². The summed E-state index contributed by atoms with van der Waals surface area (Å²) in [4.78, 5) is 3.31. The predicted molar refractivity (Wildman–Crippen MR) is 71.2 cm³/mol. The first-order valence-electron chi connectivity index (χ1n) is 5.58. The largest absolute Gasteiger partial charge is 0.489 e. The second-order valence-corrected chi connectivity index (χ2v) is 4.31. The molecule has 2 nitrogen and oxygen atoms in total. The van der Waals surface area contributed by atoms with E-state index in [-0.39, 0.29) is 0 Å². The molecular weight excluding hydrogens is 278 g/mol. The molecule has 17 heavy (non-hydrogen) atoms. The Balaban J connectivity index is 2.09. The van der Waals surface area contributed by atoms with Gasteiger partial charge in [0.25, 0.3) is 0 Å². The third kappa shape index (κ3) is 3.33. The van der Waals surface area contributed by atoms with Gasteiger partial charge in [-0.3, -0.25) is 0 Å². The minimum absolute atomic E-state index is 0.564. The maximum absolute atomic E-state index is 7.92. The SMILES string of the molecule is [2H]C(Oc1ccc(Br)cc1)c1ccc([N+]#[C-])cc1. The van der Waals surface area contributed by atoms with Crippen molar-refractivity contribution in [2.45, 2.75) is 6.58 Å². The van der Waals surface area contributed by atoms with E-state index in [1.54, 1.807) is 36.4 Å². The van der Waals surface area contributed by atoms with E-state index < -0.39 is 6.58 Å². The van der Waals surface area contributed by atoms with Crippen LogP contribution < -0.4 is 4.74 Å². The van der Waals surface area contributed by atoms with Gasteiger partial charge in [-0.25, -0.2) is 4.85 Å². The Hall–Kier alpha value is -1.79. The lowest BCUT2D eigenvalue weighted by atomic mass is 10.2. The number of rotatable bonds is 3. The molecule has 0 saturated heterocycles. The lowest BCUT2D eigenvalue weighted by Gasteiger charge is -2.06. The maximum atomic E-state index is 7.92. The van der Waals surface area contributed by atoms with Crippen LogP contribution in [0.1, 0.15) is 6.93 Å². The molecule has 0 aliphatic rings. The topological polar surface area (TPSA) is 13.6 Å². The maximum Gasteiger partial charge on any atom is 0.187 e. The van der Waals surface area contributed by atoms with Crippen molar-refractivity contribution in [2.24, 2.45) is 0 Å². The van der Waals surface area contributed by atoms with E-state index in [4.69, 9.17) is 12.7 Å². The fraction of sp³-hybridized carbons (Fsp3) is 0.0714. The Kier molecular flexibility index (Phi) is 3.36. The average molecular weight is 289 g/mol. The molecule has 84 valence electrons.